The minimum Gasteiger partial charge on any atom is -0.497 e. The first-order valence-electron chi connectivity index (χ1n) is 9.10. The fourth-order valence-corrected chi connectivity index (χ4v) is 3.09. The Labute approximate surface area is 174 Å². The normalized spacial score (nSPS) is 15.0. The van der Waals surface area contributed by atoms with Crippen molar-refractivity contribution in [2.24, 2.45) is 5.16 Å². The predicted molar refractivity (Wildman–Crippen MR) is 110 cm³/mol. The van der Waals surface area contributed by atoms with Crippen molar-refractivity contribution < 1.29 is 33.3 Å². The molecular formula is C21H24N2O7. The van der Waals surface area contributed by atoms with Gasteiger partial charge in [0.2, 0.25) is 11.9 Å². The van der Waals surface area contributed by atoms with Crippen LogP contribution in [0.25, 0.3) is 0 Å². The molecule has 160 valence electrons. The molecule has 30 heavy (non-hydrogen) atoms. The van der Waals surface area contributed by atoms with Crippen LogP contribution in [-0.2, 0) is 9.63 Å². The molecule has 1 heterocycles. The van der Waals surface area contributed by atoms with E-state index in [0.29, 0.717) is 45.7 Å². The highest BCUT2D eigenvalue weighted by Gasteiger charge is 2.31. The topological polar surface area (TPSA) is 96.8 Å². The van der Waals surface area contributed by atoms with Crippen molar-refractivity contribution in [3.63, 3.8) is 0 Å². The molecule has 0 saturated carbocycles. The molecule has 0 bridgehead atoms. The average Bonchev–Trinajstić information content (AvgIpc) is 3.28. The Balaban J connectivity index is 1.75. The maximum atomic E-state index is 12.7. The minimum atomic E-state index is -0.796. The second kappa shape index (κ2) is 9.25. The number of benzene rings is 2. The van der Waals surface area contributed by atoms with E-state index in [2.05, 4.69) is 10.5 Å². The second-order valence-electron chi connectivity index (χ2n) is 6.31. The van der Waals surface area contributed by atoms with Crippen molar-refractivity contribution in [1.82, 2.24) is 0 Å². The number of rotatable bonds is 8. The zero-order valence-corrected chi connectivity index (χ0v) is 17.5. The van der Waals surface area contributed by atoms with E-state index >= 15 is 0 Å². The van der Waals surface area contributed by atoms with E-state index in [1.54, 1.807) is 44.6 Å². The Bertz CT molecular complexity index is 933. The number of nitrogens with zero attached hydrogens (tertiary/aromatic N) is 1. The SMILES string of the molecule is COc1ccc(OC)c(C2=NO[C@H](C(=O)Nc3cc(OC)c(OC)c(OC)c3)C2)c1. The largest absolute Gasteiger partial charge is 0.497 e. The van der Waals surface area contributed by atoms with E-state index in [0.717, 1.165) is 0 Å². The third kappa shape index (κ3) is 4.19. The monoisotopic (exact) mass is 416 g/mol. The van der Waals surface area contributed by atoms with E-state index < -0.39 is 6.10 Å². The number of methoxy groups -OCH3 is 5. The summed E-state index contributed by atoms with van der Waals surface area (Å²) in [6, 6.07) is 8.63. The molecule has 0 radical (unpaired) electrons. The molecule has 1 aliphatic heterocycles. The quantitative estimate of drug-likeness (QED) is 0.707. The van der Waals surface area contributed by atoms with Gasteiger partial charge in [0, 0.05) is 29.8 Å². The van der Waals surface area contributed by atoms with E-state index in [9.17, 15) is 4.79 Å². The summed E-state index contributed by atoms with van der Waals surface area (Å²) in [6.45, 7) is 0. The van der Waals surface area contributed by atoms with Gasteiger partial charge in [0.05, 0.1) is 41.3 Å². The van der Waals surface area contributed by atoms with Crippen molar-refractivity contribution in [2.45, 2.75) is 12.5 Å². The van der Waals surface area contributed by atoms with Gasteiger partial charge in [-0.1, -0.05) is 5.16 Å². The molecule has 9 nitrogen and oxygen atoms in total. The molecule has 2 aromatic carbocycles. The third-order valence-corrected chi connectivity index (χ3v) is 4.61. The number of oxime groups is 1. The number of amides is 1. The van der Waals surface area contributed by atoms with Gasteiger partial charge in [0.15, 0.2) is 11.5 Å². The number of carbonyl (C=O) groups is 1. The van der Waals surface area contributed by atoms with Gasteiger partial charge in [-0.3, -0.25) is 4.79 Å². The molecule has 0 saturated heterocycles. The molecule has 1 N–H and O–H groups in total. The molecule has 0 aliphatic carbocycles. The van der Waals surface area contributed by atoms with Gasteiger partial charge in [0.25, 0.3) is 5.91 Å². The average molecular weight is 416 g/mol. The van der Waals surface area contributed by atoms with Gasteiger partial charge in [-0.25, -0.2) is 0 Å². The van der Waals surface area contributed by atoms with E-state index in [4.69, 9.17) is 28.5 Å². The number of hydrogen-bond acceptors (Lipinski definition) is 8. The lowest BCUT2D eigenvalue weighted by atomic mass is 10.0. The Hall–Kier alpha value is -3.62. The molecule has 0 aromatic heterocycles. The van der Waals surface area contributed by atoms with Gasteiger partial charge < -0.3 is 33.8 Å². The van der Waals surface area contributed by atoms with Gasteiger partial charge >= 0.3 is 0 Å². The minimum absolute atomic E-state index is 0.278. The van der Waals surface area contributed by atoms with Crippen molar-refractivity contribution in [2.75, 3.05) is 40.9 Å². The van der Waals surface area contributed by atoms with Crippen LogP contribution in [0.15, 0.2) is 35.5 Å². The van der Waals surface area contributed by atoms with E-state index in [1.807, 2.05) is 0 Å². The molecule has 0 unspecified atom stereocenters. The molecular weight excluding hydrogens is 392 g/mol. The Morgan fingerprint density at radius 1 is 0.933 bits per heavy atom. The highest BCUT2D eigenvalue weighted by Crippen LogP contribution is 2.40. The molecule has 2 aromatic rings. The molecule has 9 heteroatoms. The summed E-state index contributed by atoms with van der Waals surface area (Å²) in [5.74, 6) is 2.20. The van der Waals surface area contributed by atoms with Gasteiger partial charge in [-0.2, -0.15) is 0 Å². The van der Waals surface area contributed by atoms with Crippen LogP contribution >= 0.6 is 0 Å². The summed E-state index contributed by atoms with van der Waals surface area (Å²) in [7, 11) is 7.66. The molecule has 1 atom stereocenters. The summed E-state index contributed by atoms with van der Waals surface area (Å²) in [6.07, 6.45) is -0.519. The maximum Gasteiger partial charge on any atom is 0.268 e. The Morgan fingerprint density at radius 3 is 2.17 bits per heavy atom. The third-order valence-electron chi connectivity index (χ3n) is 4.61. The number of hydrogen-bond donors (Lipinski definition) is 1. The lowest BCUT2D eigenvalue weighted by molar-refractivity contribution is -0.125. The van der Waals surface area contributed by atoms with Crippen molar-refractivity contribution >= 4 is 17.3 Å². The fourth-order valence-electron chi connectivity index (χ4n) is 3.09. The molecule has 1 aliphatic rings. The van der Waals surface area contributed by atoms with Crippen LogP contribution < -0.4 is 29.0 Å². The Morgan fingerprint density at radius 2 is 1.60 bits per heavy atom. The molecule has 0 fully saturated rings. The van der Waals surface area contributed by atoms with Crippen LogP contribution in [0.3, 0.4) is 0 Å². The van der Waals surface area contributed by atoms with Crippen LogP contribution in [0.2, 0.25) is 0 Å². The molecule has 1 amide bonds. The second-order valence-corrected chi connectivity index (χ2v) is 6.31. The lowest BCUT2D eigenvalue weighted by Crippen LogP contribution is -2.28. The highest BCUT2D eigenvalue weighted by atomic mass is 16.6. The summed E-state index contributed by atoms with van der Waals surface area (Å²) < 4.78 is 26.6. The van der Waals surface area contributed by atoms with Gasteiger partial charge in [0.1, 0.15) is 11.5 Å². The van der Waals surface area contributed by atoms with E-state index in [-0.39, 0.29) is 12.3 Å². The number of carbonyl (C=O) groups excluding carboxylic acids is 1. The van der Waals surface area contributed by atoms with Crippen LogP contribution in [0, 0.1) is 0 Å². The lowest BCUT2D eigenvalue weighted by Gasteiger charge is -2.15. The van der Waals surface area contributed by atoms with Gasteiger partial charge in [-0.05, 0) is 18.2 Å². The summed E-state index contributed by atoms with van der Waals surface area (Å²) in [5, 5.41) is 6.88. The highest BCUT2D eigenvalue weighted by molar-refractivity contribution is 6.07. The van der Waals surface area contributed by atoms with E-state index in [1.165, 1.54) is 21.3 Å². The van der Waals surface area contributed by atoms with Crippen LogP contribution in [-0.4, -0.2) is 53.3 Å². The fraction of sp³-hybridized carbons (Fsp3) is 0.333. The first-order chi connectivity index (χ1) is 14.5. The van der Waals surface area contributed by atoms with Crippen LogP contribution in [0.1, 0.15) is 12.0 Å². The molecule has 3 rings (SSSR count). The maximum absolute atomic E-state index is 12.7. The van der Waals surface area contributed by atoms with Crippen LogP contribution in [0.5, 0.6) is 28.7 Å². The first kappa shape index (κ1) is 21.1. The van der Waals surface area contributed by atoms with Crippen LogP contribution in [0.4, 0.5) is 5.69 Å². The number of ether oxygens (including phenoxy) is 5. The first-order valence-corrected chi connectivity index (χ1v) is 9.10. The summed E-state index contributed by atoms with van der Waals surface area (Å²) >= 11 is 0. The molecule has 0 spiro atoms. The smallest absolute Gasteiger partial charge is 0.268 e. The van der Waals surface area contributed by atoms with Crippen molar-refractivity contribution in [1.29, 1.82) is 0 Å². The summed E-state index contributed by atoms with van der Waals surface area (Å²) in [5.41, 5.74) is 1.78. The summed E-state index contributed by atoms with van der Waals surface area (Å²) in [4.78, 5) is 18.1. The van der Waals surface area contributed by atoms with Gasteiger partial charge in [-0.15, -0.1) is 0 Å². The zero-order chi connectivity index (χ0) is 21.7. The van der Waals surface area contributed by atoms with Crippen molar-refractivity contribution in [3.8, 4) is 28.7 Å². The zero-order valence-electron chi connectivity index (χ0n) is 17.5. The number of anilines is 1. The standard InChI is InChI=1S/C21H24N2O7/c1-25-13-6-7-16(26-2)14(10-13)15-11-19(30-23-15)21(24)22-12-8-17(27-3)20(29-5)18(9-12)28-4/h6-10,19H,11H2,1-5H3,(H,22,24)/t19-/m0/s1. The predicted octanol–water partition coefficient (Wildman–Crippen LogP) is 2.86. The Kier molecular flexibility index (Phi) is 6.51. The number of nitrogens with one attached hydrogen (secondary N) is 1. The van der Waals surface area contributed by atoms with Crippen molar-refractivity contribution in [3.05, 3.63) is 35.9 Å².